The molecule has 0 saturated heterocycles. The van der Waals surface area contributed by atoms with Crippen molar-refractivity contribution in [2.75, 3.05) is 21.3 Å². The first-order valence-electron chi connectivity index (χ1n) is 10.8. The number of esters is 1. The Bertz CT molecular complexity index is 1520. The number of fused-ring (bicyclic) bond motifs is 3. The van der Waals surface area contributed by atoms with E-state index in [9.17, 15) is 14.7 Å². The second-order valence-electron chi connectivity index (χ2n) is 8.03. The van der Waals surface area contributed by atoms with Crippen molar-refractivity contribution < 1.29 is 33.3 Å². The second-order valence-corrected chi connectivity index (χ2v) is 8.03. The first-order chi connectivity index (χ1) is 17.0. The summed E-state index contributed by atoms with van der Waals surface area (Å²) in [5.74, 6) is 0.385. The molecule has 5 rings (SSSR count). The topological polar surface area (TPSA) is 104 Å². The van der Waals surface area contributed by atoms with Gasteiger partial charge in [0.1, 0.15) is 34.5 Å². The molecule has 8 heteroatoms. The summed E-state index contributed by atoms with van der Waals surface area (Å²) in [7, 11) is 4.57. The smallest absolute Gasteiger partial charge is 0.312 e. The summed E-state index contributed by atoms with van der Waals surface area (Å²) < 4.78 is 27.5. The van der Waals surface area contributed by atoms with Crippen molar-refractivity contribution in [3.8, 4) is 39.9 Å². The molecule has 0 radical (unpaired) electrons. The van der Waals surface area contributed by atoms with Gasteiger partial charge in [-0.15, -0.1) is 0 Å². The maximum absolute atomic E-state index is 13.6. The van der Waals surface area contributed by atoms with Gasteiger partial charge in [0, 0.05) is 23.1 Å². The summed E-state index contributed by atoms with van der Waals surface area (Å²) in [5.41, 5.74) is 1.72. The van der Waals surface area contributed by atoms with Crippen molar-refractivity contribution in [3.63, 3.8) is 0 Å². The number of carbonyl (C=O) groups is 1. The number of hydrogen-bond donors (Lipinski definition) is 1. The number of benzene rings is 3. The van der Waals surface area contributed by atoms with Crippen LogP contribution in [-0.4, -0.2) is 32.4 Å². The lowest BCUT2D eigenvalue weighted by Crippen LogP contribution is -2.22. The van der Waals surface area contributed by atoms with Crippen molar-refractivity contribution in [2.45, 2.75) is 12.3 Å². The lowest BCUT2D eigenvalue weighted by molar-refractivity contribution is -0.135. The van der Waals surface area contributed by atoms with Crippen LogP contribution in [0.2, 0.25) is 0 Å². The third-order valence-electron chi connectivity index (χ3n) is 6.18. The molecule has 0 amide bonds. The lowest BCUT2D eigenvalue weighted by Gasteiger charge is -2.27. The SMILES string of the molecule is COc1ccc(-c2coc3c4c(cc(O)c3c2=O)OC(=O)C[C@H]4c2ccccc2OC)cc1OC. The Kier molecular flexibility index (Phi) is 5.56. The summed E-state index contributed by atoms with van der Waals surface area (Å²) in [6, 6.07) is 13.6. The molecular formula is C27H22O8. The Morgan fingerprint density at radius 2 is 1.66 bits per heavy atom. The normalized spacial score (nSPS) is 14.8. The monoisotopic (exact) mass is 474 g/mol. The van der Waals surface area contributed by atoms with E-state index in [1.54, 1.807) is 31.4 Å². The highest BCUT2D eigenvalue weighted by Crippen LogP contribution is 2.47. The van der Waals surface area contributed by atoms with E-state index >= 15 is 0 Å². The largest absolute Gasteiger partial charge is 0.507 e. The van der Waals surface area contributed by atoms with Crippen molar-refractivity contribution in [1.82, 2.24) is 0 Å². The van der Waals surface area contributed by atoms with E-state index < -0.39 is 17.3 Å². The first kappa shape index (κ1) is 22.3. The molecule has 2 heterocycles. The molecule has 0 fully saturated rings. The van der Waals surface area contributed by atoms with Crippen LogP contribution in [0.5, 0.6) is 28.7 Å². The zero-order valence-corrected chi connectivity index (χ0v) is 19.3. The summed E-state index contributed by atoms with van der Waals surface area (Å²) in [4.78, 5) is 26.0. The van der Waals surface area contributed by atoms with Gasteiger partial charge in [0.15, 0.2) is 11.5 Å². The number of carbonyl (C=O) groups excluding carboxylic acids is 1. The quantitative estimate of drug-likeness (QED) is 0.330. The van der Waals surface area contributed by atoms with Crippen LogP contribution in [0.15, 0.2) is 64.0 Å². The molecule has 0 bridgehead atoms. The maximum Gasteiger partial charge on any atom is 0.312 e. The third-order valence-corrected chi connectivity index (χ3v) is 6.18. The molecule has 8 nitrogen and oxygen atoms in total. The number of aromatic hydroxyl groups is 1. The number of hydrogen-bond acceptors (Lipinski definition) is 8. The molecule has 3 aromatic carbocycles. The van der Waals surface area contributed by atoms with Crippen LogP contribution in [0.4, 0.5) is 0 Å². The van der Waals surface area contributed by atoms with Gasteiger partial charge in [-0.1, -0.05) is 24.3 Å². The standard InChI is InChI=1S/C27H22O8/c1-31-19-7-5-4-6-15(19)16-11-23(29)35-22-12-18(28)25-26(30)17(13-34-27(25)24(16)22)14-8-9-20(32-2)21(10-14)33-3/h4-10,12-13,16,28H,11H2,1-3H3/t16-/m0/s1. The minimum absolute atomic E-state index is 0.00566. The Hall–Kier alpha value is -4.46. The molecule has 1 aliphatic heterocycles. The van der Waals surface area contributed by atoms with E-state index in [-0.39, 0.29) is 34.5 Å². The van der Waals surface area contributed by atoms with Crippen molar-refractivity contribution in [2.24, 2.45) is 0 Å². The highest BCUT2D eigenvalue weighted by molar-refractivity contribution is 5.94. The van der Waals surface area contributed by atoms with Gasteiger partial charge in [-0.05, 0) is 23.8 Å². The number of methoxy groups -OCH3 is 3. The molecule has 4 aromatic rings. The van der Waals surface area contributed by atoms with Crippen LogP contribution in [0, 0.1) is 0 Å². The fourth-order valence-corrected chi connectivity index (χ4v) is 4.55. The fraction of sp³-hybridized carbons (Fsp3) is 0.185. The predicted octanol–water partition coefficient (Wildman–Crippen LogP) is 4.63. The number of phenolic OH excluding ortho intramolecular Hbond substituents is 1. The summed E-state index contributed by atoms with van der Waals surface area (Å²) in [6.07, 6.45) is 1.36. The number of rotatable bonds is 5. The number of phenols is 1. The molecule has 1 N–H and O–H groups in total. The molecule has 1 aromatic heterocycles. The van der Waals surface area contributed by atoms with Crippen molar-refractivity contribution >= 4 is 16.9 Å². The van der Waals surface area contributed by atoms with E-state index in [4.69, 9.17) is 23.4 Å². The van der Waals surface area contributed by atoms with Crippen LogP contribution >= 0.6 is 0 Å². The van der Waals surface area contributed by atoms with E-state index in [0.29, 0.717) is 28.4 Å². The minimum atomic E-state index is -0.499. The first-order valence-corrected chi connectivity index (χ1v) is 10.8. The fourth-order valence-electron chi connectivity index (χ4n) is 4.55. The molecule has 0 saturated carbocycles. The molecule has 1 atom stereocenters. The van der Waals surface area contributed by atoms with E-state index in [1.165, 1.54) is 26.5 Å². The highest BCUT2D eigenvalue weighted by atomic mass is 16.5. The minimum Gasteiger partial charge on any atom is -0.507 e. The van der Waals surface area contributed by atoms with Gasteiger partial charge in [0.2, 0.25) is 5.43 Å². The summed E-state index contributed by atoms with van der Waals surface area (Å²) in [6.45, 7) is 0. The van der Waals surface area contributed by atoms with Gasteiger partial charge in [-0.3, -0.25) is 9.59 Å². The van der Waals surface area contributed by atoms with Crippen LogP contribution in [-0.2, 0) is 4.79 Å². The lowest BCUT2D eigenvalue weighted by atomic mass is 9.84. The molecule has 0 aliphatic carbocycles. The van der Waals surface area contributed by atoms with E-state index in [2.05, 4.69) is 0 Å². The third kappa shape index (κ3) is 3.63. The molecule has 35 heavy (non-hydrogen) atoms. The molecule has 0 unspecified atom stereocenters. The number of para-hydroxylation sites is 1. The second kappa shape index (κ2) is 8.72. The van der Waals surface area contributed by atoms with Gasteiger partial charge in [0.05, 0.1) is 33.3 Å². The Morgan fingerprint density at radius 1 is 0.914 bits per heavy atom. The Balaban J connectivity index is 1.76. The van der Waals surface area contributed by atoms with Crippen LogP contribution in [0.25, 0.3) is 22.1 Å². The average Bonchev–Trinajstić information content (AvgIpc) is 2.87. The van der Waals surface area contributed by atoms with E-state index in [0.717, 1.165) is 5.56 Å². The van der Waals surface area contributed by atoms with E-state index in [1.807, 2.05) is 18.2 Å². The molecule has 178 valence electrons. The van der Waals surface area contributed by atoms with Gasteiger partial charge in [-0.2, -0.15) is 0 Å². The summed E-state index contributed by atoms with van der Waals surface area (Å²) >= 11 is 0. The van der Waals surface area contributed by atoms with Crippen molar-refractivity contribution in [1.29, 1.82) is 0 Å². The van der Waals surface area contributed by atoms with Gasteiger partial charge in [-0.25, -0.2) is 0 Å². The maximum atomic E-state index is 13.6. The predicted molar refractivity (Wildman–Crippen MR) is 128 cm³/mol. The Labute approximate surface area is 200 Å². The van der Waals surface area contributed by atoms with Gasteiger partial charge >= 0.3 is 5.97 Å². The van der Waals surface area contributed by atoms with Gasteiger partial charge in [0.25, 0.3) is 0 Å². The van der Waals surface area contributed by atoms with Gasteiger partial charge < -0.3 is 28.5 Å². The summed E-state index contributed by atoms with van der Waals surface area (Å²) in [5, 5.41) is 10.8. The molecule has 0 spiro atoms. The van der Waals surface area contributed by atoms with Crippen LogP contribution in [0.1, 0.15) is 23.5 Å². The zero-order chi connectivity index (χ0) is 24.7. The number of ether oxygens (including phenoxy) is 4. The van der Waals surface area contributed by atoms with Crippen molar-refractivity contribution in [3.05, 3.63) is 76.1 Å². The van der Waals surface area contributed by atoms with Crippen LogP contribution in [0.3, 0.4) is 0 Å². The van der Waals surface area contributed by atoms with Crippen LogP contribution < -0.4 is 24.4 Å². The Morgan fingerprint density at radius 3 is 2.40 bits per heavy atom. The molecule has 1 aliphatic rings. The highest BCUT2D eigenvalue weighted by Gasteiger charge is 2.35. The molecular weight excluding hydrogens is 452 g/mol. The zero-order valence-electron chi connectivity index (χ0n) is 19.3. The average molecular weight is 474 g/mol.